The Morgan fingerprint density at radius 1 is 1.37 bits per heavy atom. The minimum Gasteiger partial charge on any atom is -0.479 e. The van der Waals surface area contributed by atoms with Crippen LogP contribution in [-0.4, -0.2) is 41.8 Å². The molecule has 1 heterocycles. The molecule has 19 heavy (non-hydrogen) atoms. The lowest BCUT2D eigenvalue weighted by Crippen LogP contribution is -2.30. The first-order valence-corrected chi connectivity index (χ1v) is 6.67. The van der Waals surface area contributed by atoms with Crippen LogP contribution in [0.5, 0.6) is 0 Å². The largest absolute Gasteiger partial charge is 0.479 e. The number of benzene rings is 1. The summed E-state index contributed by atoms with van der Waals surface area (Å²) in [7, 11) is 2.04. The Kier molecular flexibility index (Phi) is 4.56. The third kappa shape index (κ3) is 4.04. The molecule has 2 unspecified atom stereocenters. The summed E-state index contributed by atoms with van der Waals surface area (Å²) in [4.78, 5) is 13.0. The molecule has 0 spiro atoms. The summed E-state index contributed by atoms with van der Waals surface area (Å²) in [6, 6.07) is 8.47. The van der Waals surface area contributed by atoms with Crippen molar-refractivity contribution in [2.45, 2.75) is 38.5 Å². The Morgan fingerprint density at radius 2 is 2.05 bits per heavy atom. The number of carboxylic acids is 1. The Hall–Kier alpha value is -1.39. The van der Waals surface area contributed by atoms with E-state index >= 15 is 0 Å². The van der Waals surface area contributed by atoms with Crippen LogP contribution < -0.4 is 0 Å². The Bertz CT molecular complexity index is 430. The van der Waals surface area contributed by atoms with Gasteiger partial charge in [0, 0.05) is 13.1 Å². The third-order valence-corrected chi connectivity index (χ3v) is 3.47. The molecule has 0 bridgehead atoms. The highest BCUT2D eigenvalue weighted by molar-refractivity contribution is 5.72. The van der Waals surface area contributed by atoms with Crippen LogP contribution in [0.25, 0.3) is 0 Å². The van der Waals surface area contributed by atoms with Gasteiger partial charge in [-0.3, -0.25) is 4.90 Å². The zero-order chi connectivity index (χ0) is 13.8. The van der Waals surface area contributed by atoms with E-state index in [2.05, 4.69) is 36.1 Å². The minimum atomic E-state index is -0.844. The van der Waals surface area contributed by atoms with Crippen LogP contribution in [0.3, 0.4) is 0 Å². The summed E-state index contributed by atoms with van der Waals surface area (Å²) in [6.07, 6.45) is 0.877. The average Bonchev–Trinajstić information content (AvgIpc) is 2.80. The molecule has 2 rings (SSSR count). The maximum Gasteiger partial charge on any atom is 0.332 e. The van der Waals surface area contributed by atoms with E-state index in [1.807, 2.05) is 7.05 Å². The summed E-state index contributed by atoms with van der Waals surface area (Å²) in [5.41, 5.74) is 2.52. The van der Waals surface area contributed by atoms with Gasteiger partial charge in [-0.15, -0.1) is 0 Å². The molecule has 1 aliphatic heterocycles. The number of carbonyl (C=O) groups is 1. The highest BCUT2D eigenvalue weighted by Gasteiger charge is 2.30. The number of hydrogen-bond acceptors (Lipinski definition) is 3. The van der Waals surface area contributed by atoms with E-state index in [0.29, 0.717) is 6.42 Å². The fourth-order valence-corrected chi connectivity index (χ4v) is 2.44. The van der Waals surface area contributed by atoms with Crippen LogP contribution in [-0.2, 0) is 16.1 Å². The van der Waals surface area contributed by atoms with E-state index in [1.54, 1.807) is 0 Å². The van der Waals surface area contributed by atoms with Crippen molar-refractivity contribution in [3.05, 3.63) is 35.4 Å². The van der Waals surface area contributed by atoms with Crippen LogP contribution >= 0.6 is 0 Å². The number of aliphatic carboxylic acids is 1. The normalized spacial score (nSPS) is 22.9. The lowest BCUT2D eigenvalue weighted by molar-refractivity contribution is -0.149. The number of ether oxygens (including phenoxy) is 1. The van der Waals surface area contributed by atoms with E-state index in [4.69, 9.17) is 9.84 Å². The van der Waals surface area contributed by atoms with Crippen molar-refractivity contribution in [1.29, 1.82) is 0 Å². The molecule has 0 saturated carbocycles. The van der Waals surface area contributed by atoms with E-state index in [1.165, 1.54) is 11.1 Å². The van der Waals surface area contributed by atoms with Crippen molar-refractivity contribution in [1.82, 2.24) is 4.90 Å². The van der Waals surface area contributed by atoms with Crippen molar-refractivity contribution in [2.75, 3.05) is 13.6 Å². The average molecular weight is 263 g/mol. The fourth-order valence-electron chi connectivity index (χ4n) is 2.44. The smallest absolute Gasteiger partial charge is 0.332 e. The second-order valence-corrected chi connectivity index (χ2v) is 5.34. The Morgan fingerprint density at radius 3 is 2.63 bits per heavy atom. The molecule has 1 fully saturated rings. The molecular formula is C15H21NO3. The van der Waals surface area contributed by atoms with Gasteiger partial charge in [0.15, 0.2) is 6.10 Å². The number of likely N-dealkylation sites (N-methyl/N-ethyl adjacent to an activating group) is 1. The molecule has 104 valence electrons. The molecule has 1 saturated heterocycles. The van der Waals surface area contributed by atoms with E-state index in [9.17, 15) is 4.79 Å². The van der Waals surface area contributed by atoms with Gasteiger partial charge in [0.25, 0.3) is 0 Å². The van der Waals surface area contributed by atoms with Crippen molar-refractivity contribution in [3.8, 4) is 0 Å². The monoisotopic (exact) mass is 263 g/mol. The molecule has 4 nitrogen and oxygen atoms in total. The molecule has 0 aromatic heterocycles. The molecule has 4 heteroatoms. The Labute approximate surface area is 114 Å². The summed E-state index contributed by atoms with van der Waals surface area (Å²) in [5, 5.41) is 8.89. The van der Waals surface area contributed by atoms with Gasteiger partial charge < -0.3 is 9.84 Å². The van der Waals surface area contributed by atoms with Gasteiger partial charge in [0.1, 0.15) is 0 Å². The highest BCUT2D eigenvalue weighted by Crippen LogP contribution is 2.21. The maximum atomic E-state index is 10.8. The van der Waals surface area contributed by atoms with Crippen molar-refractivity contribution in [2.24, 2.45) is 0 Å². The quantitative estimate of drug-likeness (QED) is 0.883. The summed E-state index contributed by atoms with van der Waals surface area (Å²) < 4.78 is 5.51. The van der Waals surface area contributed by atoms with Gasteiger partial charge in [0.05, 0.1) is 6.10 Å². The minimum absolute atomic E-state index is 0.0385. The highest BCUT2D eigenvalue weighted by atomic mass is 16.5. The SMILES string of the molecule is Cc1ccc(CN(C)CC2CCC(C(=O)O)O2)cc1. The van der Waals surface area contributed by atoms with Crippen LogP contribution in [0.4, 0.5) is 0 Å². The summed E-state index contributed by atoms with van der Waals surface area (Å²) in [6.45, 7) is 3.71. The zero-order valence-corrected chi connectivity index (χ0v) is 11.5. The molecule has 1 aromatic rings. The molecule has 1 aliphatic rings. The van der Waals surface area contributed by atoms with Gasteiger partial charge in [0.2, 0.25) is 0 Å². The van der Waals surface area contributed by atoms with Crippen LogP contribution in [0.2, 0.25) is 0 Å². The number of carboxylic acid groups (broad SMARTS) is 1. The fraction of sp³-hybridized carbons (Fsp3) is 0.533. The van der Waals surface area contributed by atoms with Crippen LogP contribution in [0.15, 0.2) is 24.3 Å². The predicted molar refractivity (Wildman–Crippen MR) is 73.0 cm³/mol. The number of hydrogen-bond donors (Lipinski definition) is 1. The first kappa shape index (κ1) is 14.0. The predicted octanol–water partition coefficient (Wildman–Crippen LogP) is 2.06. The molecule has 1 aromatic carbocycles. The van der Waals surface area contributed by atoms with E-state index in [-0.39, 0.29) is 6.10 Å². The van der Waals surface area contributed by atoms with Gasteiger partial charge in [-0.1, -0.05) is 29.8 Å². The topological polar surface area (TPSA) is 49.8 Å². The summed E-state index contributed by atoms with van der Waals surface area (Å²) >= 11 is 0. The maximum absolute atomic E-state index is 10.8. The van der Waals surface area contributed by atoms with E-state index in [0.717, 1.165) is 19.5 Å². The van der Waals surface area contributed by atoms with Gasteiger partial charge in [-0.05, 0) is 32.4 Å². The second-order valence-electron chi connectivity index (χ2n) is 5.34. The zero-order valence-electron chi connectivity index (χ0n) is 11.5. The van der Waals surface area contributed by atoms with Gasteiger partial charge in [-0.2, -0.15) is 0 Å². The van der Waals surface area contributed by atoms with Gasteiger partial charge in [-0.25, -0.2) is 4.79 Å². The van der Waals surface area contributed by atoms with E-state index < -0.39 is 12.1 Å². The third-order valence-electron chi connectivity index (χ3n) is 3.47. The van der Waals surface area contributed by atoms with Crippen LogP contribution in [0, 0.1) is 6.92 Å². The second kappa shape index (κ2) is 6.17. The first-order chi connectivity index (χ1) is 9.04. The molecular weight excluding hydrogens is 242 g/mol. The van der Waals surface area contributed by atoms with Crippen molar-refractivity contribution >= 4 is 5.97 Å². The van der Waals surface area contributed by atoms with Crippen LogP contribution in [0.1, 0.15) is 24.0 Å². The lowest BCUT2D eigenvalue weighted by Gasteiger charge is -2.21. The molecule has 1 N–H and O–H groups in total. The number of aryl methyl sites for hydroxylation is 1. The van der Waals surface area contributed by atoms with Crippen molar-refractivity contribution in [3.63, 3.8) is 0 Å². The first-order valence-electron chi connectivity index (χ1n) is 6.67. The standard InChI is InChI=1S/C15H21NO3/c1-11-3-5-12(6-4-11)9-16(2)10-13-7-8-14(19-13)15(17)18/h3-6,13-14H,7-10H2,1-2H3,(H,17,18). The molecule has 0 radical (unpaired) electrons. The molecule has 0 aliphatic carbocycles. The number of rotatable bonds is 5. The lowest BCUT2D eigenvalue weighted by atomic mass is 10.1. The van der Waals surface area contributed by atoms with Crippen molar-refractivity contribution < 1.29 is 14.6 Å². The Balaban J connectivity index is 1.80. The molecule has 0 amide bonds. The number of nitrogens with zero attached hydrogens (tertiary/aromatic N) is 1. The summed E-state index contributed by atoms with van der Waals surface area (Å²) in [5.74, 6) is -0.844. The van der Waals surface area contributed by atoms with Gasteiger partial charge >= 0.3 is 5.97 Å². The molecule has 2 atom stereocenters.